The molecule has 0 radical (unpaired) electrons. The molecule has 0 N–H and O–H groups in total. The lowest BCUT2D eigenvalue weighted by molar-refractivity contribution is -0.127. The van der Waals surface area contributed by atoms with E-state index in [1.165, 1.54) is 22.9 Å². The van der Waals surface area contributed by atoms with E-state index in [0.717, 1.165) is 32.4 Å². The molecular weight excluding hydrogens is 362 g/mol. The summed E-state index contributed by atoms with van der Waals surface area (Å²) in [7, 11) is 0. The van der Waals surface area contributed by atoms with Gasteiger partial charge < -0.3 is 9.64 Å². The maximum atomic E-state index is 12.6. The normalized spacial score (nSPS) is 19.9. The molecule has 1 amide bonds. The Bertz CT molecular complexity index is 801. The van der Waals surface area contributed by atoms with Crippen molar-refractivity contribution in [2.75, 3.05) is 25.4 Å². The van der Waals surface area contributed by atoms with Crippen LogP contribution in [0.3, 0.4) is 0 Å². The molecular formula is C19H23N5O2S. The van der Waals surface area contributed by atoms with Crippen LogP contribution in [0.25, 0.3) is 5.57 Å². The number of aromatic nitrogens is 4. The van der Waals surface area contributed by atoms with Gasteiger partial charge >= 0.3 is 0 Å². The van der Waals surface area contributed by atoms with Gasteiger partial charge in [0.2, 0.25) is 11.1 Å². The molecule has 1 saturated heterocycles. The summed E-state index contributed by atoms with van der Waals surface area (Å²) in [6.45, 7) is 2.86. The van der Waals surface area contributed by atoms with Crippen LogP contribution in [0.4, 0.5) is 0 Å². The van der Waals surface area contributed by atoms with Gasteiger partial charge in [0.05, 0.1) is 18.4 Å². The zero-order chi connectivity index (χ0) is 18.5. The average Bonchev–Trinajstić information content (AvgIpc) is 3.39. The van der Waals surface area contributed by atoms with Crippen molar-refractivity contribution in [2.24, 2.45) is 0 Å². The minimum absolute atomic E-state index is 0.120. The lowest BCUT2D eigenvalue weighted by atomic mass is 10.00. The highest BCUT2D eigenvalue weighted by molar-refractivity contribution is 7.99. The van der Waals surface area contributed by atoms with Crippen LogP contribution < -0.4 is 0 Å². The number of rotatable bonds is 6. The second-order valence-electron chi connectivity index (χ2n) is 6.75. The third-order valence-corrected chi connectivity index (χ3v) is 5.87. The molecule has 2 aromatic rings. The van der Waals surface area contributed by atoms with Gasteiger partial charge in [0.25, 0.3) is 0 Å². The van der Waals surface area contributed by atoms with Crippen LogP contribution in [0.2, 0.25) is 0 Å². The summed E-state index contributed by atoms with van der Waals surface area (Å²) in [6, 6.07) is 10.3. The van der Waals surface area contributed by atoms with Crippen LogP contribution in [-0.4, -0.2) is 62.6 Å². The van der Waals surface area contributed by atoms with Crippen molar-refractivity contribution >= 4 is 23.2 Å². The number of ether oxygens (including phenoxy) is 1. The second kappa shape index (κ2) is 8.67. The lowest BCUT2D eigenvalue weighted by Crippen LogP contribution is -2.36. The Kier molecular flexibility index (Phi) is 5.84. The van der Waals surface area contributed by atoms with Gasteiger partial charge in [0, 0.05) is 19.7 Å². The van der Waals surface area contributed by atoms with Gasteiger partial charge in [-0.3, -0.25) is 4.79 Å². The number of thioether (sulfide) groups is 1. The molecule has 0 aliphatic carbocycles. The van der Waals surface area contributed by atoms with Crippen LogP contribution in [0.5, 0.6) is 0 Å². The van der Waals surface area contributed by atoms with E-state index >= 15 is 0 Å². The van der Waals surface area contributed by atoms with E-state index in [2.05, 4.69) is 33.7 Å². The smallest absolute Gasteiger partial charge is 0.233 e. The Morgan fingerprint density at radius 1 is 1.30 bits per heavy atom. The molecule has 1 fully saturated rings. The maximum Gasteiger partial charge on any atom is 0.233 e. The van der Waals surface area contributed by atoms with Crippen molar-refractivity contribution in [1.82, 2.24) is 25.1 Å². The minimum atomic E-state index is 0.120. The number of carbonyl (C=O) groups excluding carboxylic acids is 1. The van der Waals surface area contributed by atoms with Gasteiger partial charge in [-0.05, 0) is 40.8 Å². The van der Waals surface area contributed by atoms with E-state index in [-0.39, 0.29) is 12.0 Å². The van der Waals surface area contributed by atoms with Crippen molar-refractivity contribution in [3.8, 4) is 0 Å². The Balaban J connectivity index is 1.29. The van der Waals surface area contributed by atoms with Crippen molar-refractivity contribution in [3.63, 3.8) is 0 Å². The summed E-state index contributed by atoms with van der Waals surface area (Å²) in [5.41, 5.74) is 2.56. The largest absolute Gasteiger partial charge is 0.376 e. The molecule has 2 aliphatic rings. The molecule has 0 spiro atoms. The predicted molar refractivity (Wildman–Crippen MR) is 103 cm³/mol. The fourth-order valence-corrected chi connectivity index (χ4v) is 4.21. The zero-order valence-electron chi connectivity index (χ0n) is 15.2. The van der Waals surface area contributed by atoms with Crippen molar-refractivity contribution in [3.05, 3.63) is 42.0 Å². The molecule has 4 rings (SSSR count). The number of tetrazole rings is 1. The standard InChI is InChI=1S/C19H23N5O2S/c25-18(23-10-8-16(9-11-23)15-5-2-1-3-6-15)14-27-19-20-21-22-24(19)13-17-7-4-12-26-17/h1-3,5-6,8,17H,4,7,9-14H2. The van der Waals surface area contributed by atoms with Crippen LogP contribution in [0, 0.1) is 0 Å². The van der Waals surface area contributed by atoms with Crippen LogP contribution in [-0.2, 0) is 16.1 Å². The Labute approximate surface area is 162 Å². The van der Waals surface area contributed by atoms with Crippen molar-refractivity contribution < 1.29 is 9.53 Å². The number of nitrogens with zero attached hydrogens (tertiary/aromatic N) is 5. The van der Waals surface area contributed by atoms with Crippen molar-refractivity contribution in [1.29, 1.82) is 0 Å². The molecule has 1 aromatic heterocycles. The molecule has 3 heterocycles. The molecule has 27 heavy (non-hydrogen) atoms. The zero-order valence-corrected chi connectivity index (χ0v) is 16.0. The third-order valence-electron chi connectivity index (χ3n) is 4.93. The van der Waals surface area contributed by atoms with Crippen LogP contribution >= 0.6 is 11.8 Å². The number of benzene rings is 1. The monoisotopic (exact) mass is 385 g/mol. The fraction of sp³-hybridized carbons (Fsp3) is 0.474. The number of carbonyl (C=O) groups is 1. The molecule has 8 heteroatoms. The maximum absolute atomic E-state index is 12.6. The van der Waals surface area contributed by atoms with Gasteiger partial charge in [-0.25, -0.2) is 4.68 Å². The molecule has 1 aromatic carbocycles. The Hall–Kier alpha value is -2.19. The van der Waals surface area contributed by atoms with Gasteiger partial charge in [0.1, 0.15) is 0 Å². The summed E-state index contributed by atoms with van der Waals surface area (Å²) in [5, 5.41) is 12.5. The number of hydrogen-bond donors (Lipinski definition) is 0. The van der Waals surface area contributed by atoms with Crippen LogP contribution in [0.15, 0.2) is 41.6 Å². The summed E-state index contributed by atoms with van der Waals surface area (Å²) >= 11 is 1.40. The predicted octanol–water partition coefficient (Wildman–Crippen LogP) is 2.26. The summed E-state index contributed by atoms with van der Waals surface area (Å²) in [6.07, 6.45) is 5.33. The van der Waals surface area contributed by atoms with E-state index in [1.807, 2.05) is 23.1 Å². The molecule has 1 atom stereocenters. The highest BCUT2D eigenvalue weighted by Gasteiger charge is 2.21. The molecule has 142 valence electrons. The highest BCUT2D eigenvalue weighted by Crippen LogP contribution is 2.23. The van der Waals surface area contributed by atoms with E-state index < -0.39 is 0 Å². The minimum Gasteiger partial charge on any atom is -0.376 e. The van der Waals surface area contributed by atoms with Crippen LogP contribution in [0.1, 0.15) is 24.8 Å². The lowest BCUT2D eigenvalue weighted by Gasteiger charge is -2.26. The van der Waals surface area contributed by atoms with Gasteiger partial charge in [-0.2, -0.15) is 0 Å². The first kappa shape index (κ1) is 18.2. The fourth-order valence-electron chi connectivity index (χ4n) is 3.42. The average molecular weight is 385 g/mol. The third kappa shape index (κ3) is 4.56. The highest BCUT2D eigenvalue weighted by atomic mass is 32.2. The Morgan fingerprint density at radius 3 is 2.93 bits per heavy atom. The molecule has 1 unspecified atom stereocenters. The second-order valence-corrected chi connectivity index (χ2v) is 7.69. The first-order valence-corrected chi connectivity index (χ1v) is 10.3. The van der Waals surface area contributed by atoms with E-state index in [1.54, 1.807) is 4.68 Å². The van der Waals surface area contributed by atoms with Crippen molar-refractivity contribution in [2.45, 2.75) is 37.1 Å². The molecule has 7 nitrogen and oxygen atoms in total. The quantitative estimate of drug-likeness (QED) is 0.710. The number of amides is 1. The van der Waals surface area contributed by atoms with Gasteiger partial charge in [-0.1, -0.05) is 48.2 Å². The number of hydrogen-bond acceptors (Lipinski definition) is 6. The molecule has 2 aliphatic heterocycles. The first-order chi connectivity index (χ1) is 13.3. The summed E-state index contributed by atoms with van der Waals surface area (Å²) in [5.74, 6) is 0.468. The van der Waals surface area contributed by atoms with Gasteiger partial charge in [0.15, 0.2) is 0 Å². The molecule has 0 saturated carbocycles. The summed E-state index contributed by atoms with van der Waals surface area (Å²) in [4.78, 5) is 14.5. The molecule has 0 bridgehead atoms. The SMILES string of the molecule is O=C(CSc1nnnn1CC1CCCO1)N1CC=C(c2ccccc2)CC1. The summed E-state index contributed by atoms with van der Waals surface area (Å²) < 4.78 is 7.39. The van der Waals surface area contributed by atoms with Gasteiger partial charge in [-0.15, -0.1) is 5.10 Å². The van der Waals surface area contributed by atoms with E-state index in [4.69, 9.17) is 4.74 Å². The van der Waals surface area contributed by atoms with E-state index in [0.29, 0.717) is 24.0 Å². The first-order valence-electron chi connectivity index (χ1n) is 9.32. The Morgan fingerprint density at radius 2 is 2.19 bits per heavy atom. The topological polar surface area (TPSA) is 73.1 Å². The van der Waals surface area contributed by atoms with E-state index in [9.17, 15) is 4.79 Å².